The summed E-state index contributed by atoms with van der Waals surface area (Å²) in [5.74, 6) is 1.37. The Morgan fingerprint density at radius 1 is 0.767 bits per heavy atom. The number of hydrogen-bond donors (Lipinski definition) is 0. The van der Waals surface area contributed by atoms with Gasteiger partial charge in [-0.3, -0.25) is 9.59 Å². The third kappa shape index (κ3) is 6.87. The summed E-state index contributed by atoms with van der Waals surface area (Å²) in [5, 5.41) is 2.03. The van der Waals surface area contributed by atoms with Crippen molar-refractivity contribution in [1.29, 1.82) is 0 Å². The zero-order valence-corrected chi connectivity index (χ0v) is 24.0. The summed E-state index contributed by atoms with van der Waals surface area (Å²) in [6, 6.07) is 27.4. The fraction of sp³-hybridized carbons (Fsp3) is 0.189. The van der Waals surface area contributed by atoms with Crippen molar-refractivity contribution in [3.63, 3.8) is 0 Å². The predicted octanol–water partition coefficient (Wildman–Crippen LogP) is 7.95. The minimum atomic E-state index is -0.876. The highest BCUT2D eigenvalue weighted by Crippen LogP contribution is 2.44. The molecule has 6 heteroatoms. The molecule has 1 unspecified atom stereocenters. The van der Waals surface area contributed by atoms with E-state index in [1.807, 2.05) is 72.8 Å². The Kier molecular flexibility index (Phi) is 9.37. The Morgan fingerprint density at radius 3 is 2.21 bits per heavy atom. The Morgan fingerprint density at radius 2 is 1.47 bits per heavy atom. The maximum atomic E-state index is 12.1. The molecule has 1 atom stereocenters. The molecular formula is C37H34O6. The maximum absolute atomic E-state index is 12.1. The van der Waals surface area contributed by atoms with Gasteiger partial charge in [0.1, 0.15) is 30.5 Å². The van der Waals surface area contributed by atoms with E-state index in [-0.39, 0.29) is 31.6 Å². The molecule has 1 aliphatic heterocycles. The van der Waals surface area contributed by atoms with Crippen molar-refractivity contribution in [2.45, 2.75) is 31.3 Å². The molecule has 1 aliphatic rings. The third-order valence-electron chi connectivity index (χ3n) is 7.19. The Balaban J connectivity index is 1.37. The number of ether oxygens (including phenoxy) is 4. The number of carbonyl (C=O) groups is 2. The van der Waals surface area contributed by atoms with Crippen LogP contribution in [0.4, 0.5) is 0 Å². The van der Waals surface area contributed by atoms with Crippen molar-refractivity contribution >= 4 is 28.8 Å². The molecule has 0 amide bonds. The van der Waals surface area contributed by atoms with Crippen LogP contribution >= 0.6 is 0 Å². The Bertz CT molecular complexity index is 1640. The zero-order chi connectivity index (χ0) is 30.1. The first-order valence-electron chi connectivity index (χ1n) is 14.3. The number of hydrogen-bond acceptors (Lipinski definition) is 6. The molecule has 5 rings (SSSR count). The van der Waals surface area contributed by atoms with E-state index in [1.165, 1.54) is 0 Å². The van der Waals surface area contributed by atoms with Crippen molar-refractivity contribution in [3.05, 3.63) is 133 Å². The second-order valence-electron chi connectivity index (χ2n) is 10.1. The van der Waals surface area contributed by atoms with E-state index < -0.39 is 5.60 Å². The standard InChI is InChI=1S/C37H34O6/c1-3-5-12-35(38)41-25-24-40-31-19-20-32-27(26-31)14-21-34-33(32)22-23-37(43-34,28-10-8-7-9-11-28)29-15-17-30(18-16-29)42-36(39)13-6-4-2/h3-4,7-11,14-23,26H,1-2,5-6,12-13,24-25H2. The molecule has 0 aliphatic carbocycles. The van der Waals surface area contributed by atoms with E-state index in [1.54, 1.807) is 24.3 Å². The van der Waals surface area contributed by atoms with Gasteiger partial charge in [-0.2, -0.15) is 0 Å². The molecule has 43 heavy (non-hydrogen) atoms. The van der Waals surface area contributed by atoms with E-state index >= 15 is 0 Å². The van der Waals surface area contributed by atoms with Crippen LogP contribution in [0.15, 0.2) is 116 Å². The highest BCUT2D eigenvalue weighted by Gasteiger charge is 2.37. The quantitative estimate of drug-likeness (QED) is 0.0699. The van der Waals surface area contributed by atoms with Crippen LogP contribution in [0.3, 0.4) is 0 Å². The van der Waals surface area contributed by atoms with Crippen molar-refractivity contribution in [2.24, 2.45) is 0 Å². The Hall–Kier alpha value is -5.10. The third-order valence-corrected chi connectivity index (χ3v) is 7.19. The van der Waals surface area contributed by atoms with Crippen LogP contribution in [0.2, 0.25) is 0 Å². The second-order valence-corrected chi connectivity index (χ2v) is 10.1. The molecule has 0 saturated carbocycles. The summed E-state index contributed by atoms with van der Waals surface area (Å²) < 4.78 is 23.4. The number of allylic oxidation sites excluding steroid dienone is 2. The van der Waals surface area contributed by atoms with Crippen LogP contribution in [0, 0.1) is 0 Å². The van der Waals surface area contributed by atoms with Gasteiger partial charge in [0.25, 0.3) is 0 Å². The summed E-state index contributed by atoms with van der Waals surface area (Å²) in [6.07, 6.45) is 9.34. The number of esters is 2. The van der Waals surface area contributed by atoms with Gasteiger partial charge in [0.05, 0.1) is 0 Å². The van der Waals surface area contributed by atoms with Gasteiger partial charge >= 0.3 is 11.9 Å². The van der Waals surface area contributed by atoms with Crippen molar-refractivity contribution in [1.82, 2.24) is 0 Å². The van der Waals surface area contributed by atoms with Gasteiger partial charge in [0.2, 0.25) is 0 Å². The molecule has 4 aromatic rings. The molecule has 1 heterocycles. The molecule has 0 radical (unpaired) electrons. The maximum Gasteiger partial charge on any atom is 0.311 e. The van der Waals surface area contributed by atoms with Gasteiger partial charge in [0, 0.05) is 29.5 Å². The van der Waals surface area contributed by atoms with E-state index in [4.69, 9.17) is 18.9 Å². The first kappa shape index (κ1) is 29.4. The minimum absolute atomic E-state index is 0.190. The normalized spacial score (nSPS) is 15.2. The highest BCUT2D eigenvalue weighted by molar-refractivity contribution is 5.94. The second kappa shape index (κ2) is 13.7. The highest BCUT2D eigenvalue weighted by atomic mass is 16.6. The number of benzene rings is 4. The minimum Gasteiger partial charge on any atom is -0.490 e. The lowest BCUT2D eigenvalue weighted by atomic mass is 9.83. The van der Waals surface area contributed by atoms with Crippen LogP contribution in [-0.2, 0) is 19.9 Å². The SMILES string of the molecule is C=CCCC(=O)OCCOc1ccc2c3c(ccc2c1)OC(c1ccccc1)(c1ccc(OC(=O)CCC=C)cc1)C=C3. The molecule has 0 N–H and O–H groups in total. The average Bonchev–Trinajstić information content (AvgIpc) is 3.05. The van der Waals surface area contributed by atoms with Crippen LogP contribution in [0.25, 0.3) is 16.8 Å². The molecule has 218 valence electrons. The van der Waals surface area contributed by atoms with Crippen LogP contribution in [0.1, 0.15) is 42.4 Å². The molecule has 0 fully saturated rings. The van der Waals surface area contributed by atoms with Gasteiger partial charge in [-0.05, 0) is 72.2 Å². The van der Waals surface area contributed by atoms with Gasteiger partial charge in [-0.1, -0.05) is 60.7 Å². The summed E-state index contributed by atoms with van der Waals surface area (Å²) in [4.78, 5) is 23.8. The summed E-state index contributed by atoms with van der Waals surface area (Å²) >= 11 is 0. The molecule has 6 nitrogen and oxygen atoms in total. The van der Waals surface area contributed by atoms with Crippen LogP contribution in [-0.4, -0.2) is 25.2 Å². The van der Waals surface area contributed by atoms with Crippen molar-refractivity contribution in [2.75, 3.05) is 13.2 Å². The average molecular weight is 575 g/mol. The molecule has 4 aromatic carbocycles. The molecule has 0 spiro atoms. The van der Waals surface area contributed by atoms with E-state index in [9.17, 15) is 9.59 Å². The van der Waals surface area contributed by atoms with E-state index in [2.05, 4.69) is 25.3 Å². The van der Waals surface area contributed by atoms with Gasteiger partial charge < -0.3 is 18.9 Å². The lowest BCUT2D eigenvalue weighted by Gasteiger charge is -2.36. The van der Waals surface area contributed by atoms with Crippen molar-refractivity contribution in [3.8, 4) is 17.2 Å². The summed E-state index contributed by atoms with van der Waals surface area (Å²) in [6.45, 7) is 7.72. The fourth-order valence-corrected chi connectivity index (χ4v) is 5.01. The van der Waals surface area contributed by atoms with Crippen LogP contribution < -0.4 is 14.2 Å². The molecular weight excluding hydrogens is 540 g/mol. The molecule has 0 aromatic heterocycles. The summed E-state index contributed by atoms with van der Waals surface area (Å²) in [5.41, 5.74) is 1.97. The Labute approximate surface area is 251 Å². The van der Waals surface area contributed by atoms with E-state index in [0.717, 1.165) is 33.2 Å². The van der Waals surface area contributed by atoms with Gasteiger partial charge in [0.15, 0.2) is 5.60 Å². The fourth-order valence-electron chi connectivity index (χ4n) is 5.01. The topological polar surface area (TPSA) is 71.1 Å². The number of carbonyl (C=O) groups excluding carboxylic acids is 2. The first-order valence-corrected chi connectivity index (χ1v) is 14.3. The number of fused-ring (bicyclic) bond motifs is 3. The summed E-state index contributed by atoms with van der Waals surface area (Å²) in [7, 11) is 0. The number of rotatable bonds is 13. The predicted molar refractivity (Wildman–Crippen MR) is 168 cm³/mol. The van der Waals surface area contributed by atoms with Gasteiger partial charge in [-0.15, -0.1) is 13.2 Å². The lowest BCUT2D eigenvalue weighted by Crippen LogP contribution is -2.34. The van der Waals surface area contributed by atoms with E-state index in [0.29, 0.717) is 30.8 Å². The smallest absolute Gasteiger partial charge is 0.311 e. The van der Waals surface area contributed by atoms with Crippen molar-refractivity contribution < 1.29 is 28.5 Å². The molecule has 0 bridgehead atoms. The lowest BCUT2D eigenvalue weighted by molar-refractivity contribution is -0.144. The zero-order valence-electron chi connectivity index (χ0n) is 24.0. The van der Waals surface area contributed by atoms with Gasteiger partial charge in [-0.25, -0.2) is 0 Å². The molecule has 0 saturated heterocycles. The first-order chi connectivity index (χ1) is 21.0. The largest absolute Gasteiger partial charge is 0.490 e. The van der Waals surface area contributed by atoms with Crippen LogP contribution in [0.5, 0.6) is 17.2 Å². The monoisotopic (exact) mass is 574 g/mol.